The lowest BCUT2D eigenvalue weighted by molar-refractivity contribution is 0.104. The van der Waals surface area contributed by atoms with Gasteiger partial charge in [0.1, 0.15) is 5.75 Å². The highest BCUT2D eigenvalue weighted by Gasteiger charge is 2.04. The summed E-state index contributed by atoms with van der Waals surface area (Å²) < 4.78 is 5.80. The van der Waals surface area contributed by atoms with Crippen LogP contribution in [-0.2, 0) is 0 Å². The third-order valence-electron chi connectivity index (χ3n) is 3.70. The van der Waals surface area contributed by atoms with E-state index in [2.05, 4.69) is 13.8 Å². The molecular formula is C22H26O2S. The van der Waals surface area contributed by atoms with E-state index < -0.39 is 0 Å². The summed E-state index contributed by atoms with van der Waals surface area (Å²) in [6, 6.07) is 15.6. The predicted octanol–water partition coefficient (Wildman–Crippen LogP) is 6.26. The Labute approximate surface area is 155 Å². The van der Waals surface area contributed by atoms with Crippen LogP contribution in [0, 0.1) is 0 Å². The fourth-order valence-corrected chi connectivity index (χ4v) is 3.04. The van der Waals surface area contributed by atoms with Gasteiger partial charge in [-0.15, -0.1) is 11.8 Å². The molecule has 2 nitrogen and oxygen atoms in total. The smallest absolute Gasteiger partial charge is 0.185 e. The van der Waals surface area contributed by atoms with Gasteiger partial charge in [0.25, 0.3) is 0 Å². The van der Waals surface area contributed by atoms with Gasteiger partial charge in [-0.1, -0.05) is 38.5 Å². The maximum atomic E-state index is 12.4. The number of carbonyl (C=O) groups is 1. The first-order valence-corrected chi connectivity index (χ1v) is 9.90. The van der Waals surface area contributed by atoms with E-state index in [1.165, 1.54) is 4.90 Å². The molecular weight excluding hydrogens is 328 g/mol. The number of thioether (sulfide) groups is 1. The van der Waals surface area contributed by atoms with Gasteiger partial charge < -0.3 is 4.74 Å². The van der Waals surface area contributed by atoms with Crippen molar-refractivity contribution < 1.29 is 9.53 Å². The van der Waals surface area contributed by atoms with Crippen LogP contribution in [0.1, 0.15) is 49.0 Å². The molecule has 0 spiro atoms. The van der Waals surface area contributed by atoms with Crippen molar-refractivity contribution in [2.24, 2.45) is 0 Å². The van der Waals surface area contributed by atoms with Gasteiger partial charge in [0, 0.05) is 16.0 Å². The number of unbranched alkanes of at least 4 members (excludes halogenated alkanes) is 1. The minimum Gasteiger partial charge on any atom is -0.493 e. The van der Waals surface area contributed by atoms with Crippen molar-refractivity contribution in [3.8, 4) is 5.75 Å². The Morgan fingerprint density at radius 2 is 1.80 bits per heavy atom. The Balaban J connectivity index is 2.02. The molecule has 0 bridgehead atoms. The van der Waals surface area contributed by atoms with E-state index in [1.807, 2.05) is 66.4 Å². The molecule has 25 heavy (non-hydrogen) atoms. The number of allylic oxidation sites excluding steroid dienone is 1. The number of hydrogen-bond donors (Lipinski definition) is 0. The molecule has 0 saturated heterocycles. The minimum absolute atomic E-state index is 0.00963. The van der Waals surface area contributed by atoms with Crippen molar-refractivity contribution >= 4 is 23.6 Å². The topological polar surface area (TPSA) is 26.3 Å². The molecule has 0 saturated carbocycles. The zero-order valence-corrected chi connectivity index (χ0v) is 15.9. The molecule has 0 atom stereocenters. The maximum absolute atomic E-state index is 12.4. The van der Waals surface area contributed by atoms with Crippen molar-refractivity contribution in [3.63, 3.8) is 0 Å². The van der Waals surface area contributed by atoms with Crippen LogP contribution in [0.5, 0.6) is 5.75 Å². The highest BCUT2D eigenvalue weighted by atomic mass is 32.2. The predicted molar refractivity (Wildman–Crippen MR) is 108 cm³/mol. The monoisotopic (exact) mass is 354 g/mol. The molecule has 0 unspecified atom stereocenters. The standard InChI is InChI=1S/C22H26O2S/c1-3-5-16-24-22-9-7-6-8-19(22)12-15-21(23)18-10-13-20(14-11-18)25-17-4-2/h6-15H,3-5,16-17H2,1-2H3. The third-order valence-corrected chi connectivity index (χ3v) is 4.92. The highest BCUT2D eigenvalue weighted by molar-refractivity contribution is 7.99. The molecule has 0 aliphatic carbocycles. The van der Waals surface area contributed by atoms with Crippen LogP contribution in [0.3, 0.4) is 0 Å². The number of benzene rings is 2. The Morgan fingerprint density at radius 3 is 2.52 bits per heavy atom. The van der Waals surface area contributed by atoms with Crippen LogP contribution in [0.25, 0.3) is 6.08 Å². The number of ether oxygens (including phenoxy) is 1. The number of hydrogen-bond acceptors (Lipinski definition) is 3. The summed E-state index contributed by atoms with van der Waals surface area (Å²) in [7, 11) is 0. The number of ketones is 1. The first-order valence-electron chi connectivity index (χ1n) is 8.91. The molecule has 0 amide bonds. The Kier molecular flexibility index (Phi) is 8.33. The van der Waals surface area contributed by atoms with E-state index in [-0.39, 0.29) is 5.78 Å². The quantitative estimate of drug-likeness (QED) is 0.218. The lowest BCUT2D eigenvalue weighted by Gasteiger charge is -2.08. The van der Waals surface area contributed by atoms with Gasteiger partial charge in [0.2, 0.25) is 0 Å². The summed E-state index contributed by atoms with van der Waals surface area (Å²) >= 11 is 1.82. The Bertz CT molecular complexity index is 689. The summed E-state index contributed by atoms with van der Waals surface area (Å²) in [6.45, 7) is 5.01. The van der Waals surface area contributed by atoms with Gasteiger partial charge in [-0.3, -0.25) is 4.79 Å². The van der Waals surface area contributed by atoms with Gasteiger partial charge >= 0.3 is 0 Å². The van der Waals surface area contributed by atoms with E-state index in [9.17, 15) is 4.79 Å². The van der Waals surface area contributed by atoms with E-state index in [4.69, 9.17) is 4.74 Å². The summed E-state index contributed by atoms with van der Waals surface area (Å²) in [5, 5.41) is 0. The Hall–Kier alpha value is -2.00. The van der Waals surface area contributed by atoms with Gasteiger partial charge in [0.15, 0.2) is 5.78 Å². The van der Waals surface area contributed by atoms with Crippen molar-refractivity contribution in [1.29, 1.82) is 0 Å². The number of rotatable bonds is 10. The average Bonchev–Trinajstić information content (AvgIpc) is 2.66. The second kappa shape index (κ2) is 10.8. The van der Waals surface area contributed by atoms with Crippen molar-refractivity contribution in [3.05, 3.63) is 65.7 Å². The second-order valence-electron chi connectivity index (χ2n) is 5.81. The third kappa shape index (κ3) is 6.43. The molecule has 0 aliphatic heterocycles. The van der Waals surface area contributed by atoms with Crippen LogP contribution in [0.2, 0.25) is 0 Å². The fourth-order valence-electron chi connectivity index (χ4n) is 2.27. The number of para-hydroxylation sites is 1. The molecule has 2 aromatic rings. The zero-order chi connectivity index (χ0) is 17.9. The van der Waals surface area contributed by atoms with Gasteiger partial charge in [-0.05, 0) is 61.1 Å². The second-order valence-corrected chi connectivity index (χ2v) is 6.98. The van der Waals surface area contributed by atoms with Crippen LogP contribution in [0.15, 0.2) is 59.5 Å². The Morgan fingerprint density at radius 1 is 1.04 bits per heavy atom. The van der Waals surface area contributed by atoms with Crippen LogP contribution < -0.4 is 4.74 Å². The summed E-state index contributed by atoms with van der Waals surface area (Å²) in [6.07, 6.45) is 6.73. The highest BCUT2D eigenvalue weighted by Crippen LogP contribution is 2.21. The molecule has 2 rings (SSSR count). The fraction of sp³-hybridized carbons (Fsp3) is 0.318. The molecule has 0 N–H and O–H groups in total. The van der Waals surface area contributed by atoms with E-state index in [0.29, 0.717) is 12.2 Å². The summed E-state index contributed by atoms with van der Waals surface area (Å²) in [5.74, 6) is 1.93. The summed E-state index contributed by atoms with van der Waals surface area (Å²) in [5.41, 5.74) is 1.64. The first kappa shape index (κ1) is 19.3. The lowest BCUT2D eigenvalue weighted by Crippen LogP contribution is -1.98. The van der Waals surface area contributed by atoms with Crippen LogP contribution in [-0.4, -0.2) is 18.1 Å². The normalized spacial score (nSPS) is 11.0. The number of carbonyl (C=O) groups excluding carboxylic acids is 1. The van der Waals surface area contributed by atoms with Crippen LogP contribution >= 0.6 is 11.8 Å². The molecule has 2 aromatic carbocycles. The molecule has 3 heteroatoms. The summed E-state index contributed by atoms with van der Waals surface area (Å²) in [4.78, 5) is 13.6. The van der Waals surface area contributed by atoms with Crippen molar-refractivity contribution in [1.82, 2.24) is 0 Å². The average molecular weight is 355 g/mol. The molecule has 0 heterocycles. The van der Waals surface area contributed by atoms with E-state index >= 15 is 0 Å². The van der Waals surface area contributed by atoms with Gasteiger partial charge in [-0.2, -0.15) is 0 Å². The molecule has 132 valence electrons. The van der Waals surface area contributed by atoms with Crippen molar-refractivity contribution in [2.75, 3.05) is 12.4 Å². The molecule has 0 aromatic heterocycles. The largest absolute Gasteiger partial charge is 0.493 e. The van der Waals surface area contributed by atoms with E-state index in [0.717, 1.165) is 36.3 Å². The SMILES string of the molecule is CCCCOc1ccccc1C=CC(=O)c1ccc(SCCC)cc1. The van der Waals surface area contributed by atoms with E-state index in [1.54, 1.807) is 6.08 Å². The lowest BCUT2D eigenvalue weighted by atomic mass is 10.1. The zero-order valence-electron chi connectivity index (χ0n) is 15.0. The van der Waals surface area contributed by atoms with Crippen LogP contribution in [0.4, 0.5) is 0 Å². The minimum atomic E-state index is 0.00963. The maximum Gasteiger partial charge on any atom is 0.185 e. The van der Waals surface area contributed by atoms with Gasteiger partial charge in [0.05, 0.1) is 6.61 Å². The molecule has 0 aliphatic rings. The first-order chi connectivity index (χ1) is 12.2. The molecule has 0 radical (unpaired) electrons. The van der Waals surface area contributed by atoms with Crippen molar-refractivity contribution in [2.45, 2.75) is 38.0 Å². The molecule has 0 fully saturated rings. The van der Waals surface area contributed by atoms with Gasteiger partial charge in [-0.25, -0.2) is 0 Å².